The molecular weight excluding hydrogens is 468 g/mol. The van der Waals surface area contributed by atoms with Gasteiger partial charge in [-0.25, -0.2) is 4.79 Å². The van der Waals surface area contributed by atoms with E-state index in [1.807, 2.05) is 12.5 Å². The Balaban J connectivity index is 2.63. The fourth-order valence-corrected chi connectivity index (χ4v) is 3.73. The first-order valence-corrected chi connectivity index (χ1v) is 13.1. The summed E-state index contributed by atoms with van der Waals surface area (Å²) in [5.74, 6) is -1.58. The summed E-state index contributed by atoms with van der Waals surface area (Å²) in [5, 5.41) is 26.0. The van der Waals surface area contributed by atoms with Gasteiger partial charge in [0.1, 0.15) is 17.8 Å². The second kappa shape index (κ2) is 15.4. The van der Waals surface area contributed by atoms with Crippen molar-refractivity contribution in [1.29, 1.82) is 0 Å². The van der Waals surface area contributed by atoms with Gasteiger partial charge in [-0.3, -0.25) is 14.4 Å². The molecule has 10 nitrogen and oxygen atoms in total. The molecule has 3 atom stereocenters. The number of hydrogen-bond donors (Lipinski definition) is 6. The predicted octanol–water partition coefficient (Wildman–Crippen LogP) is -0.0614. The zero-order chi connectivity index (χ0) is 24.8. The molecular formula is C21H32N4O6S2. The summed E-state index contributed by atoms with van der Waals surface area (Å²) in [7, 11) is 0. The van der Waals surface area contributed by atoms with Crippen molar-refractivity contribution in [1.82, 2.24) is 16.0 Å². The molecule has 1 rings (SSSR count). The molecule has 1 aromatic carbocycles. The maximum absolute atomic E-state index is 12.6. The van der Waals surface area contributed by atoms with Gasteiger partial charge in [0.2, 0.25) is 17.7 Å². The summed E-state index contributed by atoms with van der Waals surface area (Å²) in [4.78, 5) is 48.5. The van der Waals surface area contributed by atoms with Crippen LogP contribution in [0, 0.1) is 0 Å². The molecule has 0 bridgehead atoms. The minimum absolute atomic E-state index is 0.105. The highest BCUT2D eigenvalue weighted by molar-refractivity contribution is 7.98. The number of nitrogens with two attached hydrogens (primary N) is 1. The normalized spacial score (nSPS) is 13.4. The Bertz CT molecular complexity index is 793. The highest BCUT2D eigenvalue weighted by atomic mass is 32.2. The second-order valence-electron chi connectivity index (χ2n) is 7.28. The summed E-state index contributed by atoms with van der Waals surface area (Å²) in [6.07, 6.45) is 4.51. The average molecular weight is 501 g/mol. The summed E-state index contributed by atoms with van der Waals surface area (Å²) in [6, 6.07) is 3.47. The van der Waals surface area contributed by atoms with Crippen LogP contribution in [0.1, 0.15) is 18.4 Å². The standard InChI is InChI=1S/C21H32N4O6S2/c1-32-9-7-16(25-19(28)15(22)11-13-3-5-14(26)6-4-13)20(29)23-12-18(27)24-17(21(30)31)8-10-33-2/h3-6,15-17,26H,7-12,22H2,1-2H3,(H,23,29)(H,24,27)(H,25,28)(H,30,31). The molecule has 0 radical (unpaired) electrons. The number of aromatic hydroxyl groups is 1. The lowest BCUT2D eigenvalue weighted by Gasteiger charge is -2.21. The van der Waals surface area contributed by atoms with E-state index in [1.165, 1.54) is 35.7 Å². The topological polar surface area (TPSA) is 171 Å². The van der Waals surface area contributed by atoms with Crippen molar-refractivity contribution in [2.45, 2.75) is 37.4 Å². The Labute approximate surface area is 201 Å². The summed E-state index contributed by atoms with van der Waals surface area (Å²) < 4.78 is 0. The molecule has 0 fully saturated rings. The largest absolute Gasteiger partial charge is 0.508 e. The number of carboxylic acid groups (broad SMARTS) is 1. The number of amides is 3. The van der Waals surface area contributed by atoms with E-state index in [-0.39, 0.29) is 18.6 Å². The zero-order valence-corrected chi connectivity index (χ0v) is 20.3. The maximum atomic E-state index is 12.6. The van der Waals surface area contributed by atoms with Crippen LogP contribution in [0.3, 0.4) is 0 Å². The van der Waals surface area contributed by atoms with Crippen molar-refractivity contribution in [3.63, 3.8) is 0 Å². The molecule has 33 heavy (non-hydrogen) atoms. The fourth-order valence-electron chi connectivity index (χ4n) is 2.79. The van der Waals surface area contributed by atoms with E-state index in [9.17, 15) is 29.4 Å². The summed E-state index contributed by atoms with van der Waals surface area (Å²) in [6.45, 7) is -0.410. The Morgan fingerprint density at radius 1 is 0.939 bits per heavy atom. The molecule has 3 amide bonds. The number of nitrogens with one attached hydrogen (secondary N) is 3. The average Bonchev–Trinajstić information content (AvgIpc) is 2.78. The van der Waals surface area contributed by atoms with Crippen molar-refractivity contribution >= 4 is 47.2 Å². The molecule has 12 heteroatoms. The number of phenols is 1. The molecule has 0 aliphatic heterocycles. The first kappa shape index (κ1) is 28.6. The zero-order valence-electron chi connectivity index (χ0n) is 18.7. The lowest BCUT2D eigenvalue weighted by atomic mass is 10.1. The van der Waals surface area contributed by atoms with Crippen LogP contribution >= 0.6 is 23.5 Å². The molecule has 0 spiro atoms. The molecule has 0 saturated heterocycles. The van der Waals surface area contributed by atoms with E-state index in [4.69, 9.17) is 5.73 Å². The van der Waals surface area contributed by atoms with E-state index in [1.54, 1.807) is 12.1 Å². The predicted molar refractivity (Wildman–Crippen MR) is 130 cm³/mol. The molecule has 0 aromatic heterocycles. The Hall–Kier alpha value is -2.44. The van der Waals surface area contributed by atoms with Gasteiger partial charge in [0, 0.05) is 0 Å². The van der Waals surface area contributed by atoms with Gasteiger partial charge in [-0.1, -0.05) is 12.1 Å². The van der Waals surface area contributed by atoms with Gasteiger partial charge >= 0.3 is 5.97 Å². The van der Waals surface area contributed by atoms with E-state index < -0.39 is 48.4 Å². The maximum Gasteiger partial charge on any atom is 0.326 e. The van der Waals surface area contributed by atoms with Crippen molar-refractivity contribution in [2.24, 2.45) is 5.73 Å². The smallest absolute Gasteiger partial charge is 0.326 e. The van der Waals surface area contributed by atoms with Crippen LogP contribution in [0.15, 0.2) is 24.3 Å². The van der Waals surface area contributed by atoms with E-state index in [0.29, 0.717) is 17.9 Å². The van der Waals surface area contributed by atoms with Gasteiger partial charge in [-0.15, -0.1) is 0 Å². The molecule has 7 N–H and O–H groups in total. The van der Waals surface area contributed by atoms with Crippen LogP contribution in [0.5, 0.6) is 5.75 Å². The second-order valence-corrected chi connectivity index (χ2v) is 9.25. The first-order chi connectivity index (χ1) is 15.7. The minimum Gasteiger partial charge on any atom is -0.508 e. The highest BCUT2D eigenvalue weighted by Crippen LogP contribution is 2.11. The molecule has 0 aliphatic rings. The van der Waals surface area contributed by atoms with Gasteiger partial charge in [-0.2, -0.15) is 23.5 Å². The van der Waals surface area contributed by atoms with Gasteiger partial charge < -0.3 is 31.9 Å². The fraction of sp³-hybridized carbons (Fsp3) is 0.524. The molecule has 0 aliphatic carbocycles. The first-order valence-electron chi connectivity index (χ1n) is 10.3. The minimum atomic E-state index is -1.14. The van der Waals surface area contributed by atoms with Crippen molar-refractivity contribution in [3.8, 4) is 5.75 Å². The number of carboxylic acids is 1. The van der Waals surface area contributed by atoms with E-state index in [2.05, 4.69) is 16.0 Å². The van der Waals surface area contributed by atoms with Crippen molar-refractivity contribution < 1.29 is 29.4 Å². The third kappa shape index (κ3) is 11.3. The van der Waals surface area contributed by atoms with E-state index >= 15 is 0 Å². The SMILES string of the molecule is CSCCC(NC(=O)CNC(=O)C(CCSC)NC(=O)C(N)Cc1ccc(O)cc1)C(=O)O. The summed E-state index contributed by atoms with van der Waals surface area (Å²) >= 11 is 2.96. The number of hydrogen-bond acceptors (Lipinski definition) is 8. The molecule has 184 valence electrons. The molecule has 3 unspecified atom stereocenters. The number of rotatable bonds is 15. The van der Waals surface area contributed by atoms with Crippen LogP contribution in [-0.2, 0) is 25.6 Å². The summed E-state index contributed by atoms with van der Waals surface area (Å²) in [5.41, 5.74) is 6.73. The number of carbonyl (C=O) groups is 4. The van der Waals surface area contributed by atoms with E-state index in [0.717, 1.165) is 5.56 Å². The van der Waals surface area contributed by atoms with Gasteiger partial charge in [0.15, 0.2) is 0 Å². The van der Waals surface area contributed by atoms with Gasteiger partial charge in [0.25, 0.3) is 0 Å². The Morgan fingerprint density at radius 2 is 1.52 bits per heavy atom. The number of carbonyl (C=O) groups excluding carboxylic acids is 3. The lowest BCUT2D eigenvalue weighted by molar-refractivity contribution is -0.141. The van der Waals surface area contributed by atoms with Crippen molar-refractivity contribution in [2.75, 3.05) is 30.6 Å². The van der Waals surface area contributed by atoms with Gasteiger partial charge in [0.05, 0.1) is 12.6 Å². The van der Waals surface area contributed by atoms with Crippen molar-refractivity contribution in [3.05, 3.63) is 29.8 Å². The van der Waals surface area contributed by atoms with Crippen LogP contribution in [-0.4, -0.2) is 82.6 Å². The number of aliphatic carboxylic acids is 1. The molecule has 0 heterocycles. The Morgan fingerprint density at radius 3 is 2.06 bits per heavy atom. The quantitative estimate of drug-likeness (QED) is 0.193. The number of thioether (sulfide) groups is 2. The number of phenolic OH excluding ortho intramolecular Hbond substituents is 1. The lowest BCUT2D eigenvalue weighted by Crippen LogP contribution is -2.54. The van der Waals surface area contributed by atoms with Crippen LogP contribution in [0.2, 0.25) is 0 Å². The molecule has 1 aromatic rings. The Kier molecular flexibility index (Phi) is 13.3. The molecule has 0 saturated carbocycles. The number of benzene rings is 1. The van der Waals surface area contributed by atoms with Gasteiger partial charge in [-0.05, 0) is 61.0 Å². The monoisotopic (exact) mass is 500 g/mol. The van der Waals surface area contributed by atoms with Crippen LogP contribution < -0.4 is 21.7 Å². The van der Waals surface area contributed by atoms with Crippen LogP contribution in [0.25, 0.3) is 0 Å². The third-order valence-electron chi connectivity index (χ3n) is 4.64. The highest BCUT2D eigenvalue weighted by Gasteiger charge is 2.25. The third-order valence-corrected chi connectivity index (χ3v) is 5.93. The van der Waals surface area contributed by atoms with Crippen LogP contribution in [0.4, 0.5) is 0 Å².